The maximum absolute atomic E-state index is 14.2. The molecule has 1 unspecified atom stereocenters. The fourth-order valence-corrected chi connectivity index (χ4v) is 4.15. The van der Waals surface area contributed by atoms with Crippen LogP contribution in [0, 0.1) is 5.82 Å². The molecule has 0 spiro atoms. The minimum Gasteiger partial charge on any atom is -0.304 e. The molecular formula is C15H16ClFN2S. The van der Waals surface area contributed by atoms with E-state index in [4.69, 9.17) is 16.6 Å². The van der Waals surface area contributed by atoms with Crippen molar-refractivity contribution >= 4 is 22.9 Å². The predicted molar refractivity (Wildman–Crippen MR) is 81.1 cm³/mol. The summed E-state index contributed by atoms with van der Waals surface area (Å²) < 4.78 is 14.2. The van der Waals surface area contributed by atoms with Gasteiger partial charge < -0.3 is 5.32 Å². The van der Waals surface area contributed by atoms with Crippen molar-refractivity contribution < 1.29 is 4.39 Å². The van der Waals surface area contributed by atoms with Crippen LogP contribution in [0.1, 0.15) is 40.5 Å². The number of hydrogen-bond donors (Lipinski definition) is 1. The second-order valence-corrected chi connectivity index (χ2v) is 6.42. The number of nitrogens with one attached hydrogen (secondary N) is 1. The Morgan fingerprint density at radius 1 is 1.45 bits per heavy atom. The molecule has 5 heteroatoms. The number of aromatic nitrogens is 1. The van der Waals surface area contributed by atoms with Crippen LogP contribution >= 0.6 is 22.9 Å². The van der Waals surface area contributed by atoms with Crippen LogP contribution < -0.4 is 5.32 Å². The lowest BCUT2D eigenvalue weighted by atomic mass is 10.1. The van der Waals surface area contributed by atoms with Crippen molar-refractivity contribution in [2.75, 3.05) is 6.54 Å². The molecule has 0 fully saturated rings. The van der Waals surface area contributed by atoms with Gasteiger partial charge in [0.25, 0.3) is 0 Å². The first kappa shape index (κ1) is 14.0. The van der Waals surface area contributed by atoms with Crippen LogP contribution in [0.25, 0.3) is 0 Å². The van der Waals surface area contributed by atoms with E-state index in [1.54, 1.807) is 23.5 Å². The molecule has 2 aromatic rings. The van der Waals surface area contributed by atoms with Crippen molar-refractivity contribution in [1.82, 2.24) is 10.3 Å². The first-order valence-electron chi connectivity index (χ1n) is 6.86. The zero-order chi connectivity index (χ0) is 14.1. The summed E-state index contributed by atoms with van der Waals surface area (Å²) in [7, 11) is 0. The van der Waals surface area contributed by atoms with Gasteiger partial charge in [-0.05, 0) is 37.9 Å². The van der Waals surface area contributed by atoms with Gasteiger partial charge in [0.05, 0.1) is 11.7 Å². The van der Waals surface area contributed by atoms with E-state index >= 15 is 0 Å². The van der Waals surface area contributed by atoms with Crippen molar-refractivity contribution in [1.29, 1.82) is 0 Å². The van der Waals surface area contributed by atoms with E-state index in [1.165, 1.54) is 23.1 Å². The third-order valence-corrected chi connectivity index (χ3v) is 5.11. The van der Waals surface area contributed by atoms with Crippen LogP contribution in [0.2, 0.25) is 5.02 Å². The summed E-state index contributed by atoms with van der Waals surface area (Å²) in [5.41, 5.74) is 1.68. The average molecular weight is 311 g/mol. The molecule has 0 radical (unpaired) electrons. The summed E-state index contributed by atoms with van der Waals surface area (Å²) in [5.74, 6) is -0.279. The SMILES string of the molecule is CCNC(c1nc2c(s1)CCC2)c1c(F)cccc1Cl. The number of hydrogen-bond acceptors (Lipinski definition) is 3. The topological polar surface area (TPSA) is 24.9 Å². The number of fused-ring (bicyclic) bond motifs is 1. The summed E-state index contributed by atoms with van der Waals surface area (Å²) in [6, 6.07) is 4.55. The number of halogens is 2. The zero-order valence-corrected chi connectivity index (χ0v) is 12.8. The van der Waals surface area contributed by atoms with E-state index in [2.05, 4.69) is 5.32 Å². The van der Waals surface area contributed by atoms with Gasteiger partial charge in [-0.15, -0.1) is 11.3 Å². The summed E-state index contributed by atoms with van der Waals surface area (Å²) in [6.45, 7) is 2.74. The van der Waals surface area contributed by atoms with Crippen LogP contribution in [0.15, 0.2) is 18.2 Å². The molecule has 0 aliphatic heterocycles. The highest BCUT2D eigenvalue weighted by atomic mass is 35.5. The first-order valence-corrected chi connectivity index (χ1v) is 8.06. The van der Waals surface area contributed by atoms with E-state index in [1.807, 2.05) is 6.92 Å². The minimum absolute atomic E-state index is 0.260. The normalized spacial score (nSPS) is 15.3. The van der Waals surface area contributed by atoms with Crippen LogP contribution in [-0.2, 0) is 12.8 Å². The van der Waals surface area contributed by atoms with E-state index in [0.717, 1.165) is 24.4 Å². The Morgan fingerprint density at radius 3 is 3.00 bits per heavy atom. The maximum atomic E-state index is 14.2. The fraction of sp³-hybridized carbons (Fsp3) is 0.400. The van der Waals surface area contributed by atoms with Crippen LogP contribution in [0.4, 0.5) is 4.39 Å². The Balaban J connectivity index is 2.04. The third-order valence-electron chi connectivity index (χ3n) is 3.56. The molecule has 1 aliphatic rings. The van der Waals surface area contributed by atoms with Gasteiger partial charge in [-0.1, -0.05) is 24.6 Å². The molecule has 1 aliphatic carbocycles. The van der Waals surface area contributed by atoms with Crippen molar-refractivity contribution in [2.45, 2.75) is 32.2 Å². The van der Waals surface area contributed by atoms with Crippen molar-refractivity contribution in [2.24, 2.45) is 0 Å². The smallest absolute Gasteiger partial charge is 0.129 e. The molecule has 1 atom stereocenters. The largest absolute Gasteiger partial charge is 0.304 e. The first-order chi connectivity index (χ1) is 9.70. The molecule has 0 amide bonds. The number of thiazole rings is 1. The van der Waals surface area contributed by atoms with E-state index in [9.17, 15) is 4.39 Å². The van der Waals surface area contributed by atoms with Gasteiger partial charge in [0.1, 0.15) is 10.8 Å². The molecule has 1 N–H and O–H groups in total. The molecule has 0 bridgehead atoms. The second-order valence-electron chi connectivity index (χ2n) is 4.90. The molecule has 0 saturated carbocycles. The summed E-state index contributed by atoms with van der Waals surface area (Å²) in [5, 5.41) is 4.68. The third kappa shape index (κ3) is 2.48. The Labute approximate surface area is 127 Å². The monoisotopic (exact) mass is 310 g/mol. The number of aryl methyl sites for hydroxylation is 2. The predicted octanol–water partition coefficient (Wildman–Crippen LogP) is 4.12. The second kappa shape index (κ2) is 5.80. The standard InChI is InChI=1S/C15H16ClFN2S/c1-2-18-14(13-9(16)5-3-6-10(13)17)15-19-11-7-4-8-12(11)20-15/h3,5-6,14,18H,2,4,7-8H2,1H3. The minimum atomic E-state index is -0.279. The van der Waals surface area contributed by atoms with Gasteiger partial charge in [-0.3, -0.25) is 0 Å². The highest BCUT2D eigenvalue weighted by Gasteiger charge is 2.26. The molecule has 1 aromatic heterocycles. The Kier molecular flexibility index (Phi) is 4.06. The molecule has 0 saturated heterocycles. The van der Waals surface area contributed by atoms with Gasteiger partial charge in [-0.2, -0.15) is 0 Å². The van der Waals surface area contributed by atoms with Crippen molar-refractivity contribution in [3.8, 4) is 0 Å². The van der Waals surface area contributed by atoms with E-state index < -0.39 is 0 Å². The molecule has 3 rings (SSSR count). The van der Waals surface area contributed by atoms with E-state index in [-0.39, 0.29) is 11.9 Å². The van der Waals surface area contributed by atoms with Gasteiger partial charge in [0.2, 0.25) is 0 Å². The van der Waals surface area contributed by atoms with Gasteiger partial charge in [-0.25, -0.2) is 9.37 Å². The molecule has 1 aromatic carbocycles. The summed E-state index contributed by atoms with van der Waals surface area (Å²) in [6.07, 6.45) is 3.31. The highest BCUT2D eigenvalue weighted by Crippen LogP contribution is 2.36. The Hall–Kier alpha value is -0.970. The van der Waals surface area contributed by atoms with Gasteiger partial charge in [0.15, 0.2) is 0 Å². The van der Waals surface area contributed by atoms with Crippen molar-refractivity contribution in [3.05, 3.63) is 50.2 Å². The summed E-state index contributed by atoms with van der Waals surface area (Å²) >= 11 is 7.88. The van der Waals surface area contributed by atoms with Crippen LogP contribution in [0.5, 0.6) is 0 Å². The highest BCUT2D eigenvalue weighted by molar-refractivity contribution is 7.11. The lowest BCUT2D eigenvalue weighted by Gasteiger charge is -2.18. The Bertz CT molecular complexity index is 585. The van der Waals surface area contributed by atoms with Crippen LogP contribution in [-0.4, -0.2) is 11.5 Å². The van der Waals surface area contributed by atoms with Gasteiger partial charge in [0, 0.05) is 15.5 Å². The van der Waals surface area contributed by atoms with Crippen molar-refractivity contribution in [3.63, 3.8) is 0 Å². The van der Waals surface area contributed by atoms with Gasteiger partial charge >= 0.3 is 0 Å². The van der Waals surface area contributed by atoms with Crippen LogP contribution in [0.3, 0.4) is 0 Å². The zero-order valence-electron chi connectivity index (χ0n) is 11.2. The Morgan fingerprint density at radius 2 is 2.30 bits per heavy atom. The molecular weight excluding hydrogens is 295 g/mol. The molecule has 1 heterocycles. The fourth-order valence-electron chi connectivity index (χ4n) is 2.64. The molecule has 106 valence electrons. The maximum Gasteiger partial charge on any atom is 0.129 e. The molecule has 2 nitrogen and oxygen atoms in total. The van der Waals surface area contributed by atoms with E-state index in [0.29, 0.717) is 10.6 Å². The molecule has 20 heavy (non-hydrogen) atoms. The number of nitrogens with zero attached hydrogens (tertiary/aromatic N) is 1. The number of benzene rings is 1. The average Bonchev–Trinajstić information content (AvgIpc) is 2.98. The lowest BCUT2D eigenvalue weighted by Crippen LogP contribution is -2.23. The number of rotatable bonds is 4. The summed E-state index contributed by atoms with van der Waals surface area (Å²) in [4.78, 5) is 6.04. The lowest BCUT2D eigenvalue weighted by molar-refractivity contribution is 0.557. The quantitative estimate of drug-likeness (QED) is 0.918.